The van der Waals surface area contributed by atoms with Crippen LogP contribution in [0.25, 0.3) is 0 Å². The van der Waals surface area contributed by atoms with E-state index in [9.17, 15) is 4.79 Å². The van der Waals surface area contributed by atoms with Crippen molar-refractivity contribution in [3.8, 4) is 0 Å². The molecule has 2 heterocycles. The Morgan fingerprint density at radius 2 is 2.17 bits per heavy atom. The van der Waals surface area contributed by atoms with Crippen LogP contribution in [0.15, 0.2) is 24.3 Å². The number of piperidine rings is 1. The number of carbonyl (C=O) groups excluding carboxylic acids is 1. The molecule has 96 valence electrons. The number of para-hydroxylation sites is 1. The van der Waals surface area contributed by atoms with E-state index >= 15 is 0 Å². The fraction of sp³-hybridized carbons (Fsp3) is 0.500. The summed E-state index contributed by atoms with van der Waals surface area (Å²) < 4.78 is 5.54. The topological polar surface area (TPSA) is 50.4 Å². The zero-order valence-corrected chi connectivity index (χ0v) is 10.5. The molecule has 4 nitrogen and oxygen atoms in total. The molecular formula is C14H18N2O2. The standard InChI is InChI=1S/C14H18N2O2/c1-9-8-15-7-6-10(9)13-11-4-2-3-5-12(11)16-14(17)18-13/h2-5,9-10,13,15H,6-8H2,1H3,(H,16,17)/t9-,10-,13?/m0/s1. The molecule has 0 spiro atoms. The monoisotopic (exact) mass is 246 g/mol. The number of benzene rings is 1. The maximum absolute atomic E-state index is 11.6. The highest BCUT2D eigenvalue weighted by atomic mass is 16.6. The van der Waals surface area contributed by atoms with Gasteiger partial charge in [-0.25, -0.2) is 4.79 Å². The Balaban J connectivity index is 1.94. The van der Waals surface area contributed by atoms with E-state index in [1.165, 1.54) is 0 Å². The largest absolute Gasteiger partial charge is 0.441 e. The van der Waals surface area contributed by atoms with E-state index in [4.69, 9.17) is 4.74 Å². The van der Waals surface area contributed by atoms with Crippen LogP contribution >= 0.6 is 0 Å². The van der Waals surface area contributed by atoms with Crippen molar-refractivity contribution in [2.45, 2.75) is 19.4 Å². The molecule has 2 N–H and O–H groups in total. The molecule has 1 aromatic rings. The van der Waals surface area contributed by atoms with Gasteiger partial charge in [-0.3, -0.25) is 5.32 Å². The van der Waals surface area contributed by atoms with Gasteiger partial charge in [0.15, 0.2) is 0 Å². The van der Waals surface area contributed by atoms with E-state index in [1.807, 2.05) is 24.3 Å². The molecule has 1 fully saturated rings. The average Bonchev–Trinajstić information content (AvgIpc) is 2.38. The number of ether oxygens (including phenoxy) is 1. The van der Waals surface area contributed by atoms with Crippen LogP contribution in [0.4, 0.5) is 10.5 Å². The molecule has 0 radical (unpaired) electrons. The molecule has 0 aromatic heterocycles. The number of carbonyl (C=O) groups is 1. The molecular weight excluding hydrogens is 228 g/mol. The summed E-state index contributed by atoms with van der Waals surface area (Å²) in [7, 11) is 0. The van der Waals surface area contributed by atoms with Gasteiger partial charge in [0.2, 0.25) is 0 Å². The Morgan fingerprint density at radius 1 is 1.33 bits per heavy atom. The van der Waals surface area contributed by atoms with Crippen LogP contribution < -0.4 is 10.6 Å². The van der Waals surface area contributed by atoms with Crippen molar-refractivity contribution in [1.82, 2.24) is 5.32 Å². The van der Waals surface area contributed by atoms with Gasteiger partial charge in [0.1, 0.15) is 6.10 Å². The normalized spacial score (nSPS) is 31.2. The van der Waals surface area contributed by atoms with E-state index in [1.54, 1.807) is 0 Å². The van der Waals surface area contributed by atoms with Crippen molar-refractivity contribution >= 4 is 11.8 Å². The van der Waals surface area contributed by atoms with Crippen molar-refractivity contribution in [3.63, 3.8) is 0 Å². The van der Waals surface area contributed by atoms with Crippen LogP contribution in [0.3, 0.4) is 0 Å². The highest BCUT2D eigenvalue weighted by molar-refractivity contribution is 5.88. The molecule has 3 rings (SSSR count). The van der Waals surface area contributed by atoms with Gasteiger partial charge in [-0.05, 0) is 31.5 Å². The predicted molar refractivity (Wildman–Crippen MR) is 69.4 cm³/mol. The third-order valence-electron chi connectivity index (χ3n) is 3.98. The first-order valence-electron chi connectivity index (χ1n) is 6.53. The second kappa shape index (κ2) is 4.61. The molecule has 2 aliphatic heterocycles. The molecule has 0 saturated carbocycles. The number of cyclic esters (lactones) is 1. The first-order chi connectivity index (χ1) is 8.75. The fourth-order valence-electron chi connectivity index (χ4n) is 2.98. The number of anilines is 1. The van der Waals surface area contributed by atoms with Crippen molar-refractivity contribution in [1.29, 1.82) is 0 Å². The summed E-state index contributed by atoms with van der Waals surface area (Å²) in [5, 5.41) is 6.15. The number of amides is 1. The highest BCUT2D eigenvalue weighted by Gasteiger charge is 2.36. The summed E-state index contributed by atoms with van der Waals surface area (Å²) >= 11 is 0. The second-order valence-corrected chi connectivity index (χ2v) is 5.17. The molecule has 1 saturated heterocycles. The number of nitrogens with one attached hydrogen (secondary N) is 2. The first kappa shape index (κ1) is 11.5. The lowest BCUT2D eigenvalue weighted by Crippen LogP contribution is -2.40. The molecule has 18 heavy (non-hydrogen) atoms. The van der Waals surface area contributed by atoms with E-state index in [2.05, 4.69) is 17.6 Å². The summed E-state index contributed by atoms with van der Waals surface area (Å²) in [6.07, 6.45) is 0.615. The summed E-state index contributed by atoms with van der Waals surface area (Å²) in [6.45, 7) is 4.21. The van der Waals surface area contributed by atoms with Crippen LogP contribution in [0.2, 0.25) is 0 Å². The van der Waals surface area contributed by atoms with Crippen LogP contribution in [0.1, 0.15) is 25.0 Å². The van der Waals surface area contributed by atoms with Crippen LogP contribution in [-0.4, -0.2) is 19.2 Å². The van der Waals surface area contributed by atoms with Crippen LogP contribution in [0.5, 0.6) is 0 Å². The number of hydrogen-bond acceptors (Lipinski definition) is 3. The van der Waals surface area contributed by atoms with E-state index < -0.39 is 0 Å². The quantitative estimate of drug-likeness (QED) is 0.800. The Kier molecular flexibility index (Phi) is 2.96. The van der Waals surface area contributed by atoms with Gasteiger partial charge in [0, 0.05) is 11.5 Å². The van der Waals surface area contributed by atoms with E-state index in [0.717, 1.165) is 30.8 Å². The average molecular weight is 246 g/mol. The molecule has 0 bridgehead atoms. The molecule has 2 aliphatic rings. The lowest BCUT2D eigenvalue weighted by Gasteiger charge is -2.38. The summed E-state index contributed by atoms with van der Waals surface area (Å²) in [5.41, 5.74) is 2.00. The molecule has 1 amide bonds. The molecule has 4 heteroatoms. The maximum atomic E-state index is 11.6. The summed E-state index contributed by atoms with van der Waals surface area (Å²) in [4.78, 5) is 11.6. The predicted octanol–water partition coefficient (Wildman–Crippen LogP) is 2.54. The third-order valence-corrected chi connectivity index (χ3v) is 3.98. The minimum Gasteiger partial charge on any atom is -0.441 e. The Hall–Kier alpha value is -1.55. The maximum Gasteiger partial charge on any atom is 0.412 e. The number of hydrogen-bond donors (Lipinski definition) is 2. The van der Waals surface area contributed by atoms with Gasteiger partial charge in [0.05, 0.1) is 5.69 Å². The first-order valence-corrected chi connectivity index (χ1v) is 6.53. The molecule has 3 atom stereocenters. The SMILES string of the molecule is C[C@H]1CNCC[C@@H]1C1OC(=O)Nc2ccccc21. The Bertz CT molecular complexity index is 461. The number of fused-ring (bicyclic) bond motifs is 1. The molecule has 0 aliphatic carbocycles. The van der Waals surface area contributed by atoms with Gasteiger partial charge < -0.3 is 10.1 Å². The van der Waals surface area contributed by atoms with Gasteiger partial charge >= 0.3 is 6.09 Å². The number of rotatable bonds is 1. The Labute approximate surface area is 107 Å². The van der Waals surface area contributed by atoms with Gasteiger partial charge in [0.25, 0.3) is 0 Å². The Morgan fingerprint density at radius 3 is 3.00 bits per heavy atom. The lowest BCUT2D eigenvalue weighted by atomic mass is 9.80. The smallest absolute Gasteiger partial charge is 0.412 e. The summed E-state index contributed by atoms with van der Waals surface area (Å²) in [5.74, 6) is 0.918. The minimum atomic E-state index is -0.329. The summed E-state index contributed by atoms with van der Waals surface area (Å²) in [6, 6.07) is 7.93. The van der Waals surface area contributed by atoms with E-state index in [-0.39, 0.29) is 12.2 Å². The third kappa shape index (κ3) is 1.97. The fourth-order valence-corrected chi connectivity index (χ4v) is 2.98. The van der Waals surface area contributed by atoms with E-state index in [0.29, 0.717) is 11.8 Å². The van der Waals surface area contributed by atoms with Gasteiger partial charge in [-0.2, -0.15) is 0 Å². The lowest BCUT2D eigenvalue weighted by molar-refractivity contribution is 0.0347. The zero-order valence-electron chi connectivity index (χ0n) is 10.5. The van der Waals surface area contributed by atoms with Crippen LogP contribution in [0, 0.1) is 11.8 Å². The molecule has 1 unspecified atom stereocenters. The van der Waals surface area contributed by atoms with Crippen molar-refractivity contribution < 1.29 is 9.53 Å². The van der Waals surface area contributed by atoms with Crippen molar-refractivity contribution in [3.05, 3.63) is 29.8 Å². The van der Waals surface area contributed by atoms with Gasteiger partial charge in [-0.15, -0.1) is 0 Å². The second-order valence-electron chi connectivity index (χ2n) is 5.17. The van der Waals surface area contributed by atoms with Crippen molar-refractivity contribution in [2.75, 3.05) is 18.4 Å². The highest BCUT2D eigenvalue weighted by Crippen LogP contribution is 2.40. The van der Waals surface area contributed by atoms with Crippen molar-refractivity contribution in [2.24, 2.45) is 11.8 Å². The minimum absolute atomic E-state index is 0.105. The van der Waals surface area contributed by atoms with Crippen LogP contribution in [-0.2, 0) is 4.74 Å². The molecule has 1 aromatic carbocycles. The van der Waals surface area contributed by atoms with Gasteiger partial charge in [-0.1, -0.05) is 25.1 Å². The zero-order chi connectivity index (χ0) is 12.5.